The SMILES string of the molecule is CCCCCCC(O)C=CC(=O)O. The molecule has 0 aromatic carbocycles. The van der Waals surface area contributed by atoms with Crippen molar-refractivity contribution in [3.63, 3.8) is 0 Å². The van der Waals surface area contributed by atoms with Gasteiger partial charge in [0.25, 0.3) is 0 Å². The van der Waals surface area contributed by atoms with E-state index in [0.717, 1.165) is 18.9 Å². The van der Waals surface area contributed by atoms with Crippen LogP contribution in [0, 0.1) is 0 Å². The third-order valence-electron chi connectivity index (χ3n) is 1.81. The number of aliphatic carboxylic acids is 1. The Morgan fingerprint density at radius 2 is 2.08 bits per heavy atom. The molecule has 0 aliphatic carbocycles. The molecule has 76 valence electrons. The molecule has 0 heterocycles. The van der Waals surface area contributed by atoms with Crippen LogP contribution in [-0.4, -0.2) is 22.3 Å². The highest BCUT2D eigenvalue weighted by molar-refractivity contribution is 5.79. The van der Waals surface area contributed by atoms with Gasteiger partial charge in [0.1, 0.15) is 0 Å². The van der Waals surface area contributed by atoms with E-state index in [4.69, 9.17) is 5.11 Å². The second kappa shape index (κ2) is 7.80. The number of carboxylic acid groups (broad SMARTS) is 1. The second-order valence-electron chi connectivity index (χ2n) is 3.11. The van der Waals surface area contributed by atoms with Gasteiger partial charge in [-0.15, -0.1) is 0 Å². The van der Waals surface area contributed by atoms with Crippen molar-refractivity contribution >= 4 is 5.97 Å². The quantitative estimate of drug-likeness (QED) is 0.472. The summed E-state index contributed by atoms with van der Waals surface area (Å²) in [5, 5.41) is 17.5. The first kappa shape index (κ1) is 12.2. The fraction of sp³-hybridized carbons (Fsp3) is 0.700. The van der Waals surface area contributed by atoms with E-state index in [1.807, 2.05) is 0 Å². The number of aliphatic hydroxyl groups is 1. The van der Waals surface area contributed by atoms with Crippen molar-refractivity contribution in [1.29, 1.82) is 0 Å². The molecular formula is C10H18O3. The van der Waals surface area contributed by atoms with E-state index < -0.39 is 12.1 Å². The maximum Gasteiger partial charge on any atom is 0.328 e. The van der Waals surface area contributed by atoms with Crippen LogP contribution in [-0.2, 0) is 4.79 Å². The fourth-order valence-electron chi connectivity index (χ4n) is 1.07. The lowest BCUT2D eigenvalue weighted by molar-refractivity contribution is -0.131. The number of aliphatic hydroxyl groups excluding tert-OH is 1. The van der Waals surface area contributed by atoms with Crippen molar-refractivity contribution in [2.75, 3.05) is 0 Å². The molecule has 0 spiro atoms. The molecule has 0 saturated heterocycles. The summed E-state index contributed by atoms with van der Waals surface area (Å²) >= 11 is 0. The second-order valence-corrected chi connectivity index (χ2v) is 3.11. The minimum atomic E-state index is -1.01. The average molecular weight is 186 g/mol. The van der Waals surface area contributed by atoms with Crippen LogP contribution in [0.1, 0.15) is 39.0 Å². The standard InChI is InChI=1S/C10H18O3/c1-2-3-4-5-6-9(11)7-8-10(12)13/h7-9,11H,2-6H2,1H3,(H,12,13). The van der Waals surface area contributed by atoms with Crippen molar-refractivity contribution in [2.45, 2.75) is 45.1 Å². The average Bonchev–Trinajstić information content (AvgIpc) is 2.09. The molecule has 0 fully saturated rings. The molecule has 0 radical (unpaired) electrons. The zero-order valence-electron chi connectivity index (χ0n) is 8.07. The van der Waals surface area contributed by atoms with Gasteiger partial charge in [-0.3, -0.25) is 0 Å². The van der Waals surface area contributed by atoms with Crippen molar-refractivity contribution in [2.24, 2.45) is 0 Å². The Morgan fingerprint density at radius 1 is 1.38 bits per heavy atom. The number of hydrogen-bond donors (Lipinski definition) is 2. The van der Waals surface area contributed by atoms with Crippen LogP contribution < -0.4 is 0 Å². The molecule has 0 aliphatic heterocycles. The van der Waals surface area contributed by atoms with E-state index in [1.54, 1.807) is 0 Å². The largest absolute Gasteiger partial charge is 0.478 e. The molecule has 1 atom stereocenters. The summed E-state index contributed by atoms with van der Waals surface area (Å²) in [7, 11) is 0. The highest BCUT2D eigenvalue weighted by atomic mass is 16.4. The third kappa shape index (κ3) is 9.08. The van der Waals surface area contributed by atoms with E-state index in [0.29, 0.717) is 6.42 Å². The fourth-order valence-corrected chi connectivity index (χ4v) is 1.07. The predicted octanol–water partition coefficient (Wildman–Crippen LogP) is 1.96. The van der Waals surface area contributed by atoms with Crippen LogP contribution in [0.3, 0.4) is 0 Å². The van der Waals surface area contributed by atoms with Crippen molar-refractivity contribution < 1.29 is 15.0 Å². The monoisotopic (exact) mass is 186 g/mol. The van der Waals surface area contributed by atoms with Gasteiger partial charge in [0.05, 0.1) is 6.10 Å². The zero-order valence-corrected chi connectivity index (χ0v) is 8.07. The predicted molar refractivity (Wildman–Crippen MR) is 51.5 cm³/mol. The Hall–Kier alpha value is -0.830. The number of carbonyl (C=O) groups is 1. The van der Waals surface area contributed by atoms with Crippen LogP contribution in [0.25, 0.3) is 0 Å². The lowest BCUT2D eigenvalue weighted by Gasteiger charge is -2.03. The van der Waals surface area contributed by atoms with Gasteiger partial charge in [-0.05, 0) is 12.5 Å². The van der Waals surface area contributed by atoms with Crippen molar-refractivity contribution in [3.05, 3.63) is 12.2 Å². The molecule has 0 saturated carbocycles. The molecule has 0 rings (SSSR count). The van der Waals surface area contributed by atoms with E-state index in [1.165, 1.54) is 18.9 Å². The number of rotatable bonds is 7. The van der Waals surface area contributed by atoms with E-state index >= 15 is 0 Å². The maximum absolute atomic E-state index is 10.1. The van der Waals surface area contributed by atoms with Gasteiger partial charge in [0.15, 0.2) is 0 Å². The summed E-state index contributed by atoms with van der Waals surface area (Å²) in [6.07, 6.45) is 6.78. The van der Waals surface area contributed by atoms with Gasteiger partial charge < -0.3 is 10.2 Å². The molecule has 0 aromatic heterocycles. The topological polar surface area (TPSA) is 57.5 Å². The van der Waals surface area contributed by atoms with Gasteiger partial charge >= 0.3 is 5.97 Å². The highest BCUT2D eigenvalue weighted by Crippen LogP contribution is 2.05. The Labute approximate surface area is 79.1 Å². The first-order valence-corrected chi connectivity index (χ1v) is 4.76. The summed E-state index contributed by atoms with van der Waals surface area (Å²) < 4.78 is 0. The van der Waals surface area contributed by atoms with Gasteiger partial charge in [0.2, 0.25) is 0 Å². The first-order valence-electron chi connectivity index (χ1n) is 4.76. The van der Waals surface area contributed by atoms with Gasteiger partial charge in [-0.25, -0.2) is 4.79 Å². The molecule has 3 heteroatoms. The highest BCUT2D eigenvalue weighted by Gasteiger charge is 1.99. The van der Waals surface area contributed by atoms with Crippen LogP contribution in [0.2, 0.25) is 0 Å². The zero-order chi connectivity index (χ0) is 10.1. The summed E-state index contributed by atoms with van der Waals surface area (Å²) in [6.45, 7) is 2.13. The van der Waals surface area contributed by atoms with Crippen LogP contribution in [0.4, 0.5) is 0 Å². The van der Waals surface area contributed by atoms with Gasteiger partial charge in [-0.1, -0.05) is 32.6 Å². The summed E-state index contributed by atoms with van der Waals surface area (Å²) in [5.41, 5.74) is 0. The lowest BCUT2D eigenvalue weighted by Crippen LogP contribution is -2.02. The van der Waals surface area contributed by atoms with Crippen molar-refractivity contribution in [1.82, 2.24) is 0 Å². The minimum Gasteiger partial charge on any atom is -0.478 e. The lowest BCUT2D eigenvalue weighted by atomic mass is 10.1. The molecule has 0 bridgehead atoms. The Morgan fingerprint density at radius 3 is 2.62 bits per heavy atom. The number of hydrogen-bond acceptors (Lipinski definition) is 2. The Balaban J connectivity index is 3.40. The summed E-state index contributed by atoms with van der Waals surface area (Å²) in [6, 6.07) is 0. The Bertz CT molecular complexity index is 164. The molecule has 0 aromatic rings. The normalized spacial score (nSPS) is 13.4. The van der Waals surface area contributed by atoms with Crippen LogP contribution in [0.15, 0.2) is 12.2 Å². The third-order valence-corrected chi connectivity index (χ3v) is 1.81. The van der Waals surface area contributed by atoms with Crippen LogP contribution in [0.5, 0.6) is 0 Å². The van der Waals surface area contributed by atoms with Crippen LogP contribution >= 0.6 is 0 Å². The molecule has 0 aliphatic rings. The molecule has 2 N–H and O–H groups in total. The maximum atomic E-state index is 10.1. The molecule has 1 unspecified atom stereocenters. The minimum absolute atomic E-state index is 0.604. The molecular weight excluding hydrogens is 168 g/mol. The Kier molecular flexibility index (Phi) is 7.30. The summed E-state index contributed by atoms with van der Waals surface area (Å²) in [5.74, 6) is -1.01. The molecule has 0 amide bonds. The van der Waals surface area contributed by atoms with Gasteiger partial charge in [0, 0.05) is 6.08 Å². The number of carboxylic acids is 1. The molecule has 3 nitrogen and oxygen atoms in total. The van der Waals surface area contributed by atoms with E-state index in [9.17, 15) is 9.90 Å². The molecule has 13 heavy (non-hydrogen) atoms. The first-order chi connectivity index (χ1) is 6.16. The van der Waals surface area contributed by atoms with Crippen molar-refractivity contribution in [3.8, 4) is 0 Å². The van der Waals surface area contributed by atoms with E-state index in [2.05, 4.69) is 6.92 Å². The van der Waals surface area contributed by atoms with Gasteiger partial charge in [-0.2, -0.15) is 0 Å². The smallest absolute Gasteiger partial charge is 0.328 e. The van der Waals surface area contributed by atoms with E-state index in [-0.39, 0.29) is 0 Å². The summed E-state index contributed by atoms with van der Waals surface area (Å²) in [4.78, 5) is 10.1. The number of unbranched alkanes of at least 4 members (excludes halogenated alkanes) is 3.